The number of aromatic nitrogens is 2. The van der Waals surface area contributed by atoms with Gasteiger partial charge in [-0.05, 0) is 31.0 Å². The van der Waals surface area contributed by atoms with Gasteiger partial charge in [-0.25, -0.2) is 4.98 Å². The summed E-state index contributed by atoms with van der Waals surface area (Å²) < 4.78 is 7.46. The van der Waals surface area contributed by atoms with Crippen molar-refractivity contribution in [3.63, 3.8) is 0 Å². The lowest BCUT2D eigenvalue weighted by molar-refractivity contribution is 0.0303. The predicted octanol–water partition coefficient (Wildman–Crippen LogP) is 1.92. The van der Waals surface area contributed by atoms with Gasteiger partial charge in [0, 0.05) is 31.6 Å². The summed E-state index contributed by atoms with van der Waals surface area (Å²) in [4.78, 5) is 19.1. The van der Waals surface area contributed by atoms with Crippen LogP contribution in [0, 0.1) is 0 Å². The lowest BCUT2D eigenvalue weighted by Crippen LogP contribution is -2.40. The fourth-order valence-corrected chi connectivity index (χ4v) is 3.01. The number of carbonyl (C=O) groups is 1. The number of ether oxygens (including phenoxy) is 1. The van der Waals surface area contributed by atoms with Crippen molar-refractivity contribution in [2.75, 3.05) is 26.3 Å². The molecule has 21 heavy (non-hydrogen) atoms. The van der Waals surface area contributed by atoms with Gasteiger partial charge in [0.1, 0.15) is 5.82 Å². The van der Waals surface area contributed by atoms with Gasteiger partial charge < -0.3 is 14.2 Å². The SMILES string of the molecule is Cn1c(C2CC2)nc2cc(C(=O)N3CCOCC3)ccc21. The molecule has 0 bridgehead atoms. The highest BCUT2D eigenvalue weighted by Crippen LogP contribution is 2.40. The Morgan fingerprint density at radius 1 is 1.29 bits per heavy atom. The van der Waals surface area contributed by atoms with Gasteiger partial charge in [-0.15, -0.1) is 0 Å². The Bertz CT molecular complexity index is 697. The van der Waals surface area contributed by atoms with Crippen LogP contribution in [0.25, 0.3) is 11.0 Å². The third-order valence-corrected chi connectivity index (χ3v) is 4.40. The highest BCUT2D eigenvalue weighted by Gasteiger charge is 2.29. The van der Waals surface area contributed by atoms with Gasteiger partial charge >= 0.3 is 0 Å². The first-order valence-electron chi connectivity index (χ1n) is 7.57. The highest BCUT2D eigenvalue weighted by atomic mass is 16.5. The number of amides is 1. The number of benzene rings is 1. The van der Waals surface area contributed by atoms with Crippen molar-refractivity contribution in [2.45, 2.75) is 18.8 Å². The molecule has 2 heterocycles. The molecule has 5 nitrogen and oxygen atoms in total. The number of carbonyl (C=O) groups excluding carboxylic acids is 1. The van der Waals surface area contributed by atoms with E-state index in [-0.39, 0.29) is 5.91 Å². The van der Waals surface area contributed by atoms with Gasteiger partial charge in [-0.3, -0.25) is 4.79 Å². The zero-order valence-corrected chi connectivity index (χ0v) is 12.2. The molecule has 1 aliphatic carbocycles. The minimum atomic E-state index is 0.0822. The summed E-state index contributed by atoms with van der Waals surface area (Å²) in [7, 11) is 2.06. The van der Waals surface area contributed by atoms with Crippen molar-refractivity contribution >= 4 is 16.9 Å². The Hall–Kier alpha value is -1.88. The van der Waals surface area contributed by atoms with Crippen LogP contribution in [0.1, 0.15) is 34.9 Å². The average molecular weight is 285 g/mol. The molecule has 4 rings (SSSR count). The van der Waals surface area contributed by atoms with Crippen LogP contribution in [-0.4, -0.2) is 46.7 Å². The summed E-state index contributed by atoms with van der Waals surface area (Å²) in [5.41, 5.74) is 2.76. The number of nitrogens with zero attached hydrogens (tertiary/aromatic N) is 3. The largest absolute Gasteiger partial charge is 0.378 e. The molecule has 0 spiro atoms. The van der Waals surface area contributed by atoms with E-state index < -0.39 is 0 Å². The number of imidazole rings is 1. The van der Waals surface area contributed by atoms with E-state index in [0.717, 1.165) is 22.4 Å². The molecule has 110 valence electrons. The van der Waals surface area contributed by atoms with Crippen molar-refractivity contribution in [1.29, 1.82) is 0 Å². The molecule has 1 aromatic carbocycles. The van der Waals surface area contributed by atoms with Crippen molar-refractivity contribution in [2.24, 2.45) is 7.05 Å². The molecular formula is C16H19N3O2. The number of rotatable bonds is 2. The van der Waals surface area contributed by atoms with Gasteiger partial charge in [-0.2, -0.15) is 0 Å². The normalized spacial score (nSPS) is 19.2. The van der Waals surface area contributed by atoms with E-state index >= 15 is 0 Å². The molecule has 1 aromatic heterocycles. The summed E-state index contributed by atoms with van der Waals surface area (Å²) >= 11 is 0. The molecule has 1 saturated heterocycles. The van der Waals surface area contributed by atoms with Crippen LogP contribution >= 0.6 is 0 Å². The van der Waals surface area contributed by atoms with Crippen molar-refractivity contribution in [1.82, 2.24) is 14.5 Å². The predicted molar refractivity (Wildman–Crippen MR) is 79.4 cm³/mol. The molecule has 0 N–H and O–H groups in total. The van der Waals surface area contributed by atoms with Gasteiger partial charge in [0.05, 0.1) is 24.2 Å². The van der Waals surface area contributed by atoms with Crippen LogP contribution in [-0.2, 0) is 11.8 Å². The maximum Gasteiger partial charge on any atom is 0.254 e. The minimum Gasteiger partial charge on any atom is -0.378 e. The van der Waals surface area contributed by atoms with Crippen LogP contribution in [0.4, 0.5) is 0 Å². The second kappa shape index (κ2) is 4.84. The lowest BCUT2D eigenvalue weighted by atomic mass is 10.1. The van der Waals surface area contributed by atoms with Crippen LogP contribution in [0.15, 0.2) is 18.2 Å². The lowest BCUT2D eigenvalue weighted by Gasteiger charge is -2.26. The first-order chi connectivity index (χ1) is 10.2. The van der Waals surface area contributed by atoms with Crippen molar-refractivity contribution in [3.05, 3.63) is 29.6 Å². The Morgan fingerprint density at radius 2 is 2.05 bits per heavy atom. The van der Waals surface area contributed by atoms with Crippen molar-refractivity contribution < 1.29 is 9.53 Å². The van der Waals surface area contributed by atoms with Crippen LogP contribution < -0.4 is 0 Å². The Morgan fingerprint density at radius 3 is 2.76 bits per heavy atom. The Kier molecular flexibility index (Phi) is 2.96. The Labute approximate surface area is 123 Å². The molecule has 2 fully saturated rings. The van der Waals surface area contributed by atoms with E-state index in [1.165, 1.54) is 12.8 Å². The van der Waals surface area contributed by atoms with Crippen LogP contribution in [0.2, 0.25) is 0 Å². The van der Waals surface area contributed by atoms with Crippen LogP contribution in [0.5, 0.6) is 0 Å². The molecule has 2 aliphatic rings. The van der Waals surface area contributed by atoms with Gasteiger partial charge in [0.15, 0.2) is 0 Å². The van der Waals surface area contributed by atoms with E-state index in [0.29, 0.717) is 32.2 Å². The summed E-state index contributed by atoms with van der Waals surface area (Å²) in [6.07, 6.45) is 2.47. The number of aryl methyl sites for hydroxylation is 1. The second-order valence-electron chi connectivity index (χ2n) is 5.91. The number of fused-ring (bicyclic) bond motifs is 1. The number of morpholine rings is 1. The van der Waals surface area contributed by atoms with Crippen molar-refractivity contribution in [3.8, 4) is 0 Å². The fraction of sp³-hybridized carbons (Fsp3) is 0.500. The van der Waals surface area contributed by atoms with Gasteiger partial charge in [0.25, 0.3) is 5.91 Å². The number of hydrogen-bond donors (Lipinski definition) is 0. The molecule has 0 unspecified atom stereocenters. The third-order valence-electron chi connectivity index (χ3n) is 4.40. The zero-order chi connectivity index (χ0) is 14.4. The van der Waals surface area contributed by atoms with Crippen LogP contribution in [0.3, 0.4) is 0 Å². The van der Waals surface area contributed by atoms with E-state index in [1.807, 2.05) is 23.1 Å². The molecule has 1 aliphatic heterocycles. The summed E-state index contributed by atoms with van der Waals surface area (Å²) in [6, 6.07) is 5.86. The Balaban J connectivity index is 1.68. The monoisotopic (exact) mass is 285 g/mol. The number of hydrogen-bond acceptors (Lipinski definition) is 3. The molecule has 1 saturated carbocycles. The highest BCUT2D eigenvalue weighted by molar-refractivity contribution is 5.97. The molecule has 0 radical (unpaired) electrons. The molecule has 5 heteroatoms. The van der Waals surface area contributed by atoms with E-state index in [9.17, 15) is 4.79 Å². The summed E-state index contributed by atoms with van der Waals surface area (Å²) in [5.74, 6) is 1.85. The topological polar surface area (TPSA) is 47.4 Å². The summed E-state index contributed by atoms with van der Waals surface area (Å²) in [6.45, 7) is 2.60. The zero-order valence-electron chi connectivity index (χ0n) is 12.2. The van der Waals surface area contributed by atoms with E-state index in [1.54, 1.807) is 0 Å². The first-order valence-corrected chi connectivity index (χ1v) is 7.57. The second-order valence-corrected chi connectivity index (χ2v) is 5.91. The molecule has 1 amide bonds. The van der Waals surface area contributed by atoms with E-state index in [4.69, 9.17) is 9.72 Å². The molecule has 0 atom stereocenters. The third kappa shape index (κ3) is 2.21. The van der Waals surface area contributed by atoms with Gasteiger partial charge in [-0.1, -0.05) is 0 Å². The maximum absolute atomic E-state index is 12.5. The maximum atomic E-state index is 12.5. The quantitative estimate of drug-likeness (QED) is 0.847. The smallest absolute Gasteiger partial charge is 0.254 e. The molecule has 2 aromatic rings. The minimum absolute atomic E-state index is 0.0822. The molecular weight excluding hydrogens is 266 g/mol. The standard InChI is InChI=1S/C16H19N3O2/c1-18-14-5-4-12(16(20)19-6-8-21-9-7-19)10-13(14)17-15(18)11-2-3-11/h4-5,10-11H,2-3,6-9H2,1H3. The van der Waals surface area contributed by atoms with Gasteiger partial charge in [0.2, 0.25) is 0 Å². The summed E-state index contributed by atoms with van der Waals surface area (Å²) in [5, 5.41) is 0. The first kappa shape index (κ1) is 12.8. The fourth-order valence-electron chi connectivity index (χ4n) is 3.01. The average Bonchev–Trinajstić information content (AvgIpc) is 3.32. The van der Waals surface area contributed by atoms with E-state index in [2.05, 4.69) is 11.6 Å².